The minimum absolute atomic E-state index is 0.120. The van der Waals surface area contributed by atoms with E-state index in [1.165, 1.54) is 37.7 Å². The van der Waals surface area contributed by atoms with Gasteiger partial charge in [-0.2, -0.15) is 0 Å². The summed E-state index contributed by atoms with van der Waals surface area (Å²) >= 11 is 0. The maximum Gasteiger partial charge on any atom is 0.315 e. The second-order valence-corrected chi connectivity index (χ2v) is 6.57. The van der Waals surface area contributed by atoms with Crippen LogP contribution in [0.2, 0.25) is 0 Å². The fourth-order valence-corrected chi connectivity index (χ4v) is 3.02. The summed E-state index contributed by atoms with van der Waals surface area (Å²) in [6.07, 6.45) is 8.99. The Morgan fingerprint density at radius 1 is 1.17 bits per heavy atom. The Labute approximate surface area is 145 Å². The average molecular weight is 334 g/mol. The normalized spacial score (nSPS) is 19.7. The first-order chi connectivity index (χ1) is 11.7. The highest BCUT2D eigenvalue weighted by molar-refractivity contribution is 5.78. The number of unbranched alkanes of at least 4 members (excludes halogenated alkanes) is 5. The first kappa shape index (κ1) is 18.8. The molecule has 0 spiro atoms. The van der Waals surface area contributed by atoms with Gasteiger partial charge in [0.2, 0.25) is 0 Å². The van der Waals surface area contributed by atoms with Crippen molar-refractivity contribution in [2.45, 2.75) is 64.4 Å². The number of carbonyl (C=O) groups excluding carboxylic acids is 1. The molecule has 0 bridgehead atoms. The molecule has 1 N–H and O–H groups in total. The summed E-state index contributed by atoms with van der Waals surface area (Å²) < 4.78 is 10.9. The molecule has 134 valence electrons. The summed E-state index contributed by atoms with van der Waals surface area (Å²) in [7, 11) is 0. The Kier molecular flexibility index (Phi) is 8.10. The van der Waals surface area contributed by atoms with Crippen molar-refractivity contribution in [3.63, 3.8) is 0 Å². The van der Waals surface area contributed by atoms with Gasteiger partial charge >= 0.3 is 5.97 Å². The molecule has 0 unspecified atom stereocenters. The van der Waals surface area contributed by atoms with Gasteiger partial charge in [0.15, 0.2) is 0 Å². The number of aliphatic hydroxyl groups is 1. The zero-order chi connectivity index (χ0) is 17.2. The number of aliphatic hydroxyl groups excluding tert-OH is 1. The van der Waals surface area contributed by atoms with Crippen LogP contribution >= 0.6 is 0 Å². The minimum atomic E-state index is -0.336. The van der Waals surface area contributed by atoms with Crippen molar-refractivity contribution in [1.29, 1.82) is 0 Å². The number of ether oxygens (including phenoxy) is 2. The first-order valence-electron chi connectivity index (χ1n) is 9.27. The maximum atomic E-state index is 11.2. The molecule has 4 nitrogen and oxygen atoms in total. The molecule has 1 heterocycles. The molecule has 0 aliphatic carbocycles. The van der Waals surface area contributed by atoms with Gasteiger partial charge in [-0.15, -0.1) is 0 Å². The Morgan fingerprint density at radius 3 is 2.71 bits per heavy atom. The highest BCUT2D eigenvalue weighted by atomic mass is 16.6. The van der Waals surface area contributed by atoms with E-state index in [1.54, 1.807) is 0 Å². The lowest BCUT2D eigenvalue weighted by atomic mass is 9.92. The third-order valence-corrected chi connectivity index (χ3v) is 4.60. The Morgan fingerprint density at radius 2 is 1.96 bits per heavy atom. The fourth-order valence-electron chi connectivity index (χ4n) is 3.02. The summed E-state index contributed by atoms with van der Waals surface area (Å²) in [5.41, 5.74) is 1.18. The minimum Gasteiger partial charge on any atom is -0.494 e. The molecule has 1 aromatic rings. The van der Waals surface area contributed by atoms with E-state index in [-0.39, 0.29) is 24.6 Å². The van der Waals surface area contributed by atoms with Crippen molar-refractivity contribution in [1.82, 2.24) is 0 Å². The Hall–Kier alpha value is -1.55. The molecule has 1 saturated heterocycles. The lowest BCUT2D eigenvalue weighted by Gasteiger charge is -2.33. The monoisotopic (exact) mass is 334 g/mol. The summed E-state index contributed by atoms with van der Waals surface area (Å²) in [6.45, 7) is 2.88. The summed E-state index contributed by atoms with van der Waals surface area (Å²) in [6, 6.07) is 8.11. The molecular weight excluding hydrogens is 304 g/mol. The van der Waals surface area contributed by atoms with Crippen molar-refractivity contribution in [3.8, 4) is 5.75 Å². The predicted octanol–water partition coefficient (Wildman–Crippen LogP) is 3.89. The number of cyclic esters (lactones) is 1. The smallest absolute Gasteiger partial charge is 0.315 e. The third-order valence-electron chi connectivity index (χ3n) is 4.60. The zero-order valence-corrected chi connectivity index (χ0v) is 14.7. The van der Waals surface area contributed by atoms with Crippen molar-refractivity contribution in [3.05, 3.63) is 29.8 Å². The molecule has 2 atom stereocenters. The first-order valence-corrected chi connectivity index (χ1v) is 9.27. The van der Waals surface area contributed by atoms with E-state index in [4.69, 9.17) is 14.6 Å². The van der Waals surface area contributed by atoms with E-state index in [0.29, 0.717) is 0 Å². The predicted molar refractivity (Wildman–Crippen MR) is 94.1 cm³/mol. The highest BCUT2D eigenvalue weighted by Gasteiger charge is 2.41. The summed E-state index contributed by atoms with van der Waals surface area (Å²) in [5, 5.41) is 9.14. The van der Waals surface area contributed by atoms with Crippen molar-refractivity contribution >= 4 is 5.97 Å². The van der Waals surface area contributed by atoms with Gasteiger partial charge in [-0.3, -0.25) is 4.79 Å². The maximum absolute atomic E-state index is 11.2. The zero-order valence-electron chi connectivity index (χ0n) is 14.7. The Balaban J connectivity index is 1.65. The van der Waals surface area contributed by atoms with Crippen LogP contribution in [-0.2, 0) is 16.0 Å². The Bertz CT molecular complexity index is 500. The highest BCUT2D eigenvalue weighted by Crippen LogP contribution is 2.26. The second kappa shape index (κ2) is 10.3. The average Bonchev–Trinajstić information content (AvgIpc) is 2.58. The van der Waals surface area contributed by atoms with Crippen LogP contribution in [0.4, 0.5) is 0 Å². The van der Waals surface area contributed by atoms with Gasteiger partial charge in [0.25, 0.3) is 0 Å². The van der Waals surface area contributed by atoms with E-state index in [9.17, 15) is 4.79 Å². The van der Waals surface area contributed by atoms with Crippen LogP contribution < -0.4 is 4.74 Å². The standard InChI is InChI=1S/C20H30O4/c1-2-3-4-5-6-7-13-23-17-10-8-9-16(14-17)11-12-19-18(15-21)20(22)24-19/h8-10,14,18-19,21H,2-7,11-13,15H2,1H3/t18-,19-/m0/s1. The molecule has 24 heavy (non-hydrogen) atoms. The van der Waals surface area contributed by atoms with E-state index >= 15 is 0 Å². The molecule has 0 amide bonds. The van der Waals surface area contributed by atoms with Gasteiger partial charge in [-0.25, -0.2) is 0 Å². The van der Waals surface area contributed by atoms with Gasteiger partial charge < -0.3 is 14.6 Å². The second-order valence-electron chi connectivity index (χ2n) is 6.57. The van der Waals surface area contributed by atoms with Crippen LogP contribution in [-0.4, -0.2) is 30.4 Å². The molecule has 2 rings (SSSR count). The molecule has 0 aromatic heterocycles. The number of aryl methyl sites for hydroxylation is 1. The van der Waals surface area contributed by atoms with Crippen molar-refractivity contribution in [2.75, 3.05) is 13.2 Å². The van der Waals surface area contributed by atoms with E-state index in [2.05, 4.69) is 19.1 Å². The van der Waals surface area contributed by atoms with Crippen molar-refractivity contribution in [2.24, 2.45) is 5.92 Å². The molecule has 0 radical (unpaired) electrons. The fraction of sp³-hybridized carbons (Fsp3) is 0.650. The SMILES string of the molecule is CCCCCCCCOc1cccc(CC[C@@H]2OC(=O)[C@H]2CO)c1. The number of esters is 1. The number of hydrogen-bond donors (Lipinski definition) is 1. The lowest BCUT2D eigenvalue weighted by Crippen LogP contribution is -2.47. The topological polar surface area (TPSA) is 55.8 Å². The van der Waals surface area contributed by atoms with Gasteiger partial charge in [-0.05, 0) is 37.0 Å². The van der Waals surface area contributed by atoms with E-state index in [1.807, 2.05) is 12.1 Å². The van der Waals surface area contributed by atoms with Crippen LogP contribution in [0.3, 0.4) is 0 Å². The lowest BCUT2D eigenvalue weighted by molar-refractivity contribution is -0.188. The summed E-state index contributed by atoms with van der Waals surface area (Å²) in [4.78, 5) is 11.2. The van der Waals surface area contributed by atoms with Gasteiger partial charge in [-0.1, -0.05) is 51.2 Å². The molecule has 1 aliphatic heterocycles. The van der Waals surface area contributed by atoms with Crippen LogP contribution in [0.25, 0.3) is 0 Å². The quantitative estimate of drug-likeness (QED) is 0.465. The number of carbonyl (C=O) groups is 1. The molecule has 1 aliphatic rings. The van der Waals surface area contributed by atoms with Crippen LogP contribution in [0.1, 0.15) is 57.4 Å². The van der Waals surface area contributed by atoms with Gasteiger partial charge in [0.1, 0.15) is 17.8 Å². The van der Waals surface area contributed by atoms with Crippen molar-refractivity contribution < 1.29 is 19.4 Å². The third kappa shape index (κ3) is 5.82. The number of hydrogen-bond acceptors (Lipinski definition) is 4. The molecule has 0 saturated carbocycles. The molecule has 4 heteroatoms. The van der Waals surface area contributed by atoms with Crippen LogP contribution in [0.5, 0.6) is 5.75 Å². The van der Waals surface area contributed by atoms with Gasteiger partial charge in [0, 0.05) is 0 Å². The number of rotatable bonds is 12. The van der Waals surface area contributed by atoms with Crippen LogP contribution in [0, 0.1) is 5.92 Å². The van der Waals surface area contributed by atoms with Gasteiger partial charge in [0.05, 0.1) is 13.2 Å². The summed E-state index contributed by atoms with van der Waals surface area (Å²) in [5.74, 6) is 0.293. The largest absolute Gasteiger partial charge is 0.494 e. The number of benzene rings is 1. The molecule has 1 aromatic carbocycles. The molecule has 1 fully saturated rings. The van der Waals surface area contributed by atoms with E-state index in [0.717, 1.165) is 31.6 Å². The van der Waals surface area contributed by atoms with Crippen LogP contribution in [0.15, 0.2) is 24.3 Å². The van der Waals surface area contributed by atoms with E-state index < -0.39 is 0 Å². The molecular formula is C20H30O4.